The van der Waals surface area contributed by atoms with Crippen LogP contribution in [0.5, 0.6) is 0 Å². The van der Waals surface area contributed by atoms with E-state index in [1.165, 1.54) is 21.7 Å². The van der Waals surface area contributed by atoms with Crippen LogP contribution in [0.2, 0.25) is 0 Å². The number of benzene rings is 4. The SMILES string of the molecule is O=C(O)C(=O)N(CCc1ccccc1)CC(c1ccc(-c2cccc3ccccc23)cc1)C1CCN(Cc2ccc(C(=O)O)o2)CC1. The fraction of sp³-hybridized carbons (Fsp3) is 0.256. The highest BCUT2D eigenvalue weighted by Gasteiger charge is 2.32. The summed E-state index contributed by atoms with van der Waals surface area (Å²) in [6.07, 6.45) is 2.25. The van der Waals surface area contributed by atoms with E-state index in [-0.39, 0.29) is 17.6 Å². The second kappa shape index (κ2) is 14.5. The van der Waals surface area contributed by atoms with Gasteiger partial charge in [0.1, 0.15) is 5.76 Å². The predicted octanol–water partition coefficient (Wildman–Crippen LogP) is 6.95. The van der Waals surface area contributed by atoms with Crippen LogP contribution in [0, 0.1) is 5.92 Å². The molecule has 4 aromatic carbocycles. The van der Waals surface area contributed by atoms with E-state index in [0.717, 1.165) is 48.2 Å². The van der Waals surface area contributed by atoms with Crippen molar-refractivity contribution in [2.75, 3.05) is 26.2 Å². The van der Waals surface area contributed by atoms with E-state index in [2.05, 4.69) is 59.5 Å². The van der Waals surface area contributed by atoms with Gasteiger partial charge in [0, 0.05) is 19.0 Å². The monoisotopic (exact) mass is 630 g/mol. The van der Waals surface area contributed by atoms with Crippen molar-refractivity contribution < 1.29 is 29.0 Å². The third-order valence-corrected chi connectivity index (χ3v) is 9.29. The summed E-state index contributed by atoms with van der Waals surface area (Å²) >= 11 is 0. The molecule has 8 nitrogen and oxygen atoms in total. The molecule has 1 aromatic heterocycles. The van der Waals surface area contributed by atoms with Crippen molar-refractivity contribution in [2.45, 2.75) is 31.7 Å². The zero-order chi connectivity index (χ0) is 32.8. The topological polar surface area (TPSA) is 111 Å². The fourth-order valence-electron chi connectivity index (χ4n) is 6.78. The molecule has 0 saturated carbocycles. The molecule has 1 unspecified atom stereocenters. The van der Waals surface area contributed by atoms with Gasteiger partial charge in [0.15, 0.2) is 0 Å². The average molecular weight is 631 g/mol. The summed E-state index contributed by atoms with van der Waals surface area (Å²) in [5.41, 5.74) is 4.37. The molecule has 1 aliphatic heterocycles. The van der Waals surface area contributed by atoms with E-state index in [0.29, 0.717) is 31.8 Å². The summed E-state index contributed by atoms with van der Waals surface area (Å²) in [7, 11) is 0. The Bertz CT molecular complexity index is 1840. The third kappa shape index (κ3) is 7.61. The van der Waals surface area contributed by atoms with Crippen molar-refractivity contribution in [1.29, 1.82) is 0 Å². The number of likely N-dealkylation sites (tertiary alicyclic amines) is 1. The van der Waals surface area contributed by atoms with Gasteiger partial charge in [-0.15, -0.1) is 0 Å². The molecule has 0 bridgehead atoms. The molecule has 0 aliphatic carbocycles. The summed E-state index contributed by atoms with van der Waals surface area (Å²) in [5.74, 6) is -2.74. The molecule has 47 heavy (non-hydrogen) atoms. The maximum atomic E-state index is 13.0. The first kappa shape index (κ1) is 31.8. The van der Waals surface area contributed by atoms with Gasteiger partial charge in [-0.1, -0.05) is 97.1 Å². The maximum Gasteiger partial charge on any atom is 0.394 e. The number of nitrogens with zero attached hydrogens (tertiary/aromatic N) is 2. The summed E-state index contributed by atoms with van der Waals surface area (Å²) in [4.78, 5) is 40.0. The number of aromatic carboxylic acids is 1. The van der Waals surface area contributed by atoms with E-state index >= 15 is 0 Å². The van der Waals surface area contributed by atoms with Crippen molar-refractivity contribution >= 4 is 28.6 Å². The number of rotatable bonds is 11. The minimum atomic E-state index is -1.45. The number of carboxylic acid groups (broad SMARTS) is 2. The average Bonchev–Trinajstić information content (AvgIpc) is 3.58. The summed E-state index contributed by atoms with van der Waals surface area (Å²) in [5, 5.41) is 21.3. The lowest BCUT2D eigenvalue weighted by Crippen LogP contribution is -2.43. The highest BCUT2D eigenvalue weighted by Crippen LogP contribution is 2.36. The fourth-order valence-corrected chi connectivity index (χ4v) is 6.78. The molecule has 1 atom stereocenters. The molecule has 0 radical (unpaired) electrons. The number of fused-ring (bicyclic) bond motifs is 1. The lowest BCUT2D eigenvalue weighted by atomic mass is 9.79. The van der Waals surface area contributed by atoms with E-state index in [9.17, 15) is 24.6 Å². The van der Waals surface area contributed by atoms with Crippen LogP contribution in [0.1, 0.15) is 46.2 Å². The molecule has 2 N–H and O–H groups in total. The molecule has 6 rings (SSSR count). The molecule has 2 heterocycles. The van der Waals surface area contributed by atoms with Crippen LogP contribution in [0.15, 0.2) is 114 Å². The minimum Gasteiger partial charge on any atom is -0.475 e. The van der Waals surface area contributed by atoms with Gasteiger partial charge in [0.25, 0.3) is 0 Å². The van der Waals surface area contributed by atoms with Crippen LogP contribution in [-0.2, 0) is 22.6 Å². The third-order valence-electron chi connectivity index (χ3n) is 9.29. The smallest absolute Gasteiger partial charge is 0.394 e. The first-order valence-corrected chi connectivity index (χ1v) is 16.0. The van der Waals surface area contributed by atoms with Gasteiger partial charge in [-0.3, -0.25) is 9.69 Å². The Labute approximate surface area is 273 Å². The molecule has 1 saturated heterocycles. The van der Waals surface area contributed by atoms with Crippen LogP contribution in [0.4, 0.5) is 0 Å². The highest BCUT2D eigenvalue weighted by molar-refractivity contribution is 6.31. The van der Waals surface area contributed by atoms with E-state index < -0.39 is 17.8 Å². The van der Waals surface area contributed by atoms with Crippen molar-refractivity contribution in [3.63, 3.8) is 0 Å². The van der Waals surface area contributed by atoms with Crippen molar-refractivity contribution in [3.05, 3.63) is 132 Å². The number of hydrogen-bond donors (Lipinski definition) is 2. The first-order valence-electron chi connectivity index (χ1n) is 16.0. The van der Waals surface area contributed by atoms with Gasteiger partial charge in [0.2, 0.25) is 5.76 Å². The molecular formula is C39H38N2O6. The molecule has 1 fully saturated rings. The van der Waals surface area contributed by atoms with Gasteiger partial charge < -0.3 is 19.5 Å². The lowest BCUT2D eigenvalue weighted by Gasteiger charge is -2.38. The number of hydrogen-bond acceptors (Lipinski definition) is 5. The van der Waals surface area contributed by atoms with Crippen LogP contribution in [0.3, 0.4) is 0 Å². The molecule has 1 amide bonds. The van der Waals surface area contributed by atoms with Crippen LogP contribution < -0.4 is 0 Å². The van der Waals surface area contributed by atoms with Crippen LogP contribution in [0.25, 0.3) is 21.9 Å². The number of carbonyl (C=O) groups excluding carboxylic acids is 1. The quantitative estimate of drug-likeness (QED) is 0.152. The Morgan fingerprint density at radius 1 is 0.809 bits per heavy atom. The summed E-state index contributed by atoms with van der Waals surface area (Å²) < 4.78 is 5.49. The molecule has 0 spiro atoms. The molecule has 240 valence electrons. The Kier molecular flexibility index (Phi) is 9.78. The number of piperidine rings is 1. The summed E-state index contributed by atoms with van der Waals surface area (Å²) in [6, 6.07) is 36.1. The number of carbonyl (C=O) groups is 3. The second-order valence-electron chi connectivity index (χ2n) is 12.2. The minimum absolute atomic E-state index is 0.0689. The zero-order valence-corrected chi connectivity index (χ0v) is 26.1. The summed E-state index contributed by atoms with van der Waals surface area (Å²) in [6.45, 7) is 2.68. The van der Waals surface area contributed by atoms with E-state index in [1.54, 1.807) is 6.07 Å². The molecule has 8 heteroatoms. The van der Waals surface area contributed by atoms with Crippen LogP contribution in [-0.4, -0.2) is 64.0 Å². The number of amides is 1. The molecule has 1 aliphatic rings. The van der Waals surface area contributed by atoms with Crippen molar-refractivity contribution in [1.82, 2.24) is 9.80 Å². The zero-order valence-electron chi connectivity index (χ0n) is 26.1. The van der Waals surface area contributed by atoms with Gasteiger partial charge in [-0.2, -0.15) is 0 Å². The van der Waals surface area contributed by atoms with E-state index in [1.807, 2.05) is 42.5 Å². The van der Waals surface area contributed by atoms with Crippen LogP contribution >= 0.6 is 0 Å². The van der Waals surface area contributed by atoms with Gasteiger partial charge in [-0.05, 0) is 83.4 Å². The Hall–Kier alpha value is -5.21. The lowest BCUT2D eigenvalue weighted by molar-refractivity contribution is -0.156. The maximum absolute atomic E-state index is 13.0. The van der Waals surface area contributed by atoms with Gasteiger partial charge in [-0.25, -0.2) is 9.59 Å². The highest BCUT2D eigenvalue weighted by atomic mass is 16.4. The number of furan rings is 1. The molecule has 5 aromatic rings. The van der Waals surface area contributed by atoms with Gasteiger partial charge >= 0.3 is 17.8 Å². The Morgan fingerprint density at radius 2 is 1.51 bits per heavy atom. The van der Waals surface area contributed by atoms with Gasteiger partial charge in [0.05, 0.1) is 6.54 Å². The largest absolute Gasteiger partial charge is 0.475 e. The van der Waals surface area contributed by atoms with E-state index in [4.69, 9.17) is 4.42 Å². The standard InChI is InChI=1S/C39H38N2O6/c42-37(39(45)46)41(24-19-27-7-2-1-3-8-27)26-35(31-20-22-40(23-21-31)25-32-17-18-36(47-32)38(43)44)30-15-13-29(14-16-30)34-12-6-10-28-9-4-5-11-33(28)34/h1-18,31,35H,19-26H2,(H,43,44)(H,45,46). The number of carboxylic acids is 2. The van der Waals surface area contributed by atoms with Crippen molar-refractivity contribution in [3.8, 4) is 11.1 Å². The Balaban J connectivity index is 1.25. The number of aliphatic carboxylic acids is 1. The van der Waals surface area contributed by atoms with Crippen molar-refractivity contribution in [2.24, 2.45) is 5.92 Å². The normalized spacial score (nSPS) is 14.6. The predicted molar refractivity (Wildman–Crippen MR) is 180 cm³/mol. The first-order chi connectivity index (χ1) is 22.9. The Morgan fingerprint density at radius 3 is 2.21 bits per heavy atom. The second-order valence-corrected chi connectivity index (χ2v) is 12.2. The molecular weight excluding hydrogens is 592 g/mol.